The Morgan fingerprint density at radius 2 is 2.15 bits per heavy atom. The number of nitrogens with zero attached hydrogens (tertiary/aromatic N) is 3. The highest BCUT2D eigenvalue weighted by Gasteiger charge is 2.07. The third kappa shape index (κ3) is 2.60. The van der Waals surface area contributed by atoms with Gasteiger partial charge in [-0.25, -0.2) is 9.37 Å². The zero-order valence-corrected chi connectivity index (χ0v) is 11.6. The Morgan fingerprint density at radius 3 is 2.95 bits per heavy atom. The summed E-state index contributed by atoms with van der Waals surface area (Å²) in [4.78, 5) is 5.25. The minimum absolute atomic E-state index is 0.0537. The molecule has 20 heavy (non-hydrogen) atoms. The molecule has 6 heteroatoms. The molecule has 0 atom stereocenters. The highest BCUT2D eigenvalue weighted by molar-refractivity contribution is 7.98. The average Bonchev–Trinajstić information content (AvgIpc) is 2.78. The topological polar surface area (TPSA) is 50.4 Å². The normalized spacial score (nSPS) is 11.1. The highest BCUT2D eigenvalue weighted by Crippen LogP contribution is 2.24. The van der Waals surface area contributed by atoms with Crippen molar-refractivity contribution in [3.63, 3.8) is 0 Å². The Labute approximate surface area is 119 Å². The molecule has 0 unspecified atom stereocenters. The molecule has 0 saturated heterocycles. The van der Waals surface area contributed by atoms with Crippen LogP contribution in [0.15, 0.2) is 41.3 Å². The van der Waals surface area contributed by atoms with E-state index in [1.165, 1.54) is 28.4 Å². The Balaban J connectivity index is 1.84. The highest BCUT2D eigenvalue weighted by atomic mass is 32.2. The maximum Gasteiger partial charge on any atom is 0.215 e. The van der Waals surface area contributed by atoms with E-state index in [1.54, 1.807) is 18.2 Å². The predicted octanol–water partition coefficient (Wildman–Crippen LogP) is 3.17. The van der Waals surface area contributed by atoms with E-state index in [0.29, 0.717) is 11.4 Å². The lowest BCUT2D eigenvalue weighted by Gasteiger charge is -2.04. The van der Waals surface area contributed by atoms with Gasteiger partial charge in [-0.1, -0.05) is 6.07 Å². The zero-order valence-electron chi connectivity index (χ0n) is 10.7. The van der Waals surface area contributed by atoms with Crippen molar-refractivity contribution >= 4 is 17.4 Å². The van der Waals surface area contributed by atoms with Crippen LogP contribution in [0.3, 0.4) is 0 Å². The molecule has 1 N–H and O–H groups in total. The van der Waals surface area contributed by atoms with Crippen LogP contribution < -0.4 is 0 Å². The molecule has 0 fully saturated rings. The summed E-state index contributed by atoms with van der Waals surface area (Å²) in [5.74, 6) is 0.350. The molecule has 3 rings (SSSR count). The molecule has 1 aromatic carbocycles. The number of thioether (sulfide) groups is 1. The van der Waals surface area contributed by atoms with Crippen molar-refractivity contribution < 1.29 is 9.50 Å². The van der Waals surface area contributed by atoms with Gasteiger partial charge in [0, 0.05) is 22.8 Å². The van der Waals surface area contributed by atoms with Crippen LogP contribution in [0.25, 0.3) is 5.65 Å². The van der Waals surface area contributed by atoms with Crippen molar-refractivity contribution in [2.45, 2.75) is 17.6 Å². The van der Waals surface area contributed by atoms with Gasteiger partial charge in [0.05, 0.1) is 11.4 Å². The summed E-state index contributed by atoms with van der Waals surface area (Å²) in [6.07, 6.45) is 0. The minimum Gasteiger partial charge on any atom is -0.493 e. The number of fused-ring (bicyclic) bond motifs is 1. The van der Waals surface area contributed by atoms with Gasteiger partial charge in [0.2, 0.25) is 5.88 Å². The number of aryl methyl sites for hydroxylation is 1. The molecule has 0 aliphatic rings. The lowest BCUT2D eigenvalue weighted by Crippen LogP contribution is -1.95. The van der Waals surface area contributed by atoms with E-state index in [-0.39, 0.29) is 11.7 Å². The first kappa shape index (κ1) is 12.9. The molecule has 0 bridgehead atoms. The number of halogens is 1. The standard InChI is InChI=1S/C14H12FN3OS/c1-9-5-13-16-11(7-14(19)18(13)17-9)8-20-12-4-2-3-10(15)6-12/h2-7,19H,8H2,1H3. The first-order chi connectivity index (χ1) is 9.61. The number of aromatic hydroxyl groups is 1. The van der Waals surface area contributed by atoms with Crippen LogP contribution in [0.5, 0.6) is 5.88 Å². The van der Waals surface area contributed by atoms with Gasteiger partial charge in [-0.05, 0) is 25.1 Å². The number of aromatic nitrogens is 3. The summed E-state index contributed by atoms with van der Waals surface area (Å²) in [5, 5.41) is 14.0. The molecule has 102 valence electrons. The molecule has 4 nitrogen and oxygen atoms in total. The Kier molecular flexibility index (Phi) is 3.31. The Bertz CT molecular complexity index is 772. The van der Waals surface area contributed by atoms with Crippen LogP contribution in [-0.2, 0) is 5.75 Å². The van der Waals surface area contributed by atoms with E-state index >= 15 is 0 Å². The van der Waals surface area contributed by atoms with E-state index in [0.717, 1.165) is 16.3 Å². The molecule has 0 aliphatic heterocycles. The Morgan fingerprint density at radius 1 is 1.30 bits per heavy atom. The fourth-order valence-electron chi connectivity index (χ4n) is 1.91. The molecule has 0 radical (unpaired) electrons. The van der Waals surface area contributed by atoms with Crippen molar-refractivity contribution in [3.05, 3.63) is 53.6 Å². The van der Waals surface area contributed by atoms with E-state index in [9.17, 15) is 9.50 Å². The van der Waals surface area contributed by atoms with Gasteiger partial charge >= 0.3 is 0 Å². The average molecular weight is 289 g/mol. The fraction of sp³-hybridized carbons (Fsp3) is 0.143. The minimum atomic E-state index is -0.257. The first-order valence-corrected chi connectivity index (χ1v) is 7.04. The molecular weight excluding hydrogens is 277 g/mol. The third-order valence-electron chi connectivity index (χ3n) is 2.77. The van der Waals surface area contributed by atoms with Gasteiger partial charge in [0.1, 0.15) is 5.82 Å². The molecule has 0 amide bonds. The van der Waals surface area contributed by atoms with Crippen LogP contribution in [0.4, 0.5) is 4.39 Å². The summed E-state index contributed by atoms with van der Waals surface area (Å²) < 4.78 is 14.5. The van der Waals surface area contributed by atoms with Gasteiger partial charge in [-0.15, -0.1) is 11.8 Å². The predicted molar refractivity (Wildman–Crippen MR) is 75.3 cm³/mol. The molecule has 0 saturated carbocycles. The van der Waals surface area contributed by atoms with Crippen LogP contribution in [0.1, 0.15) is 11.4 Å². The van der Waals surface area contributed by atoms with Crippen LogP contribution >= 0.6 is 11.8 Å². The maximum atomic E-state index is 13.1. The lowest BCUT2D eigenvalue weighted by molar-refractivity contribution is 0.434. The fourth-order valence-corrected chi connectivity index (χ4v) is 2.74. The van der Waals surface area contributed by atoms with Crippen LogP contribution in [0, 0.1) is 12.7 Å². The number of hydrogen-bond donors (Lipinski definition) is 1. The second-order valence-electron chi connectivity index (χ2n) is 4.41. The van der Waals surface area contributed by atoms with Crippen molar-refractivity contribution in [2.75, 3.05) is 0 Å². The van der Waals surface area contributed by atoms with Crippen LogP contribution in [-0.4, -0.2) is 19.7 Å². The summed E-state index contributed by atoms with van der Waals surface area (Å²) in [5.41, 5.74) is 2.13. The zero-order chi connectivity index (χ0) is 14.1. The van der Waals surface area contributed by atoms with Gasteiger partial charge < -0.3 is 5.11 Å². The summed E-state index contributed by atoms with van der Waals surface area (Å²) in [6.45, 7) is 1.84. The summed E-state index contributed by atoms with van der Waals surface area (Å²) in [7, 11) is 0. The molecule has 2 aromatic heterocycles. The second kappa shape index (κ2) is 5.13. The molecule has 0 spiro atoms. The largest absolute Gasteiger partial charge is 0.493 e. The quantitative estimate of drug-likeness (QED) is 0.752. The summed E-state index contributed by atoms with van der Waals surface area (Å²) >= 11 is 1.47. The third-order valence-corrected chi connectivity index (χ3v) is 3.79. The van der Waals surface area contributed by atoms with Crippen molar-refractivity contribution in [1.29, 1.82) is 0 Å². The summed E-state index contributed by atoms with van der Waals surface area (Å²) in [6, 6.07) is 9.78. The van der Waals surface area contributed by atoms with E-state index in [1.807, 2.05) is 13.0 Å². The van der Waals surface area contributed by atoms with E-state index < -0.39 is 0 Å². The van der Waals surface area contributed by atoms with Gasteiger partial charge in [-0.2, -0.15) is 9.61 Å². The molecule has 2 heterocycles. The van der Waals surface area contributed by atoms with Gasteiger partial charge in [0.15, 0.2) is 5.65 Å². The monoisotopic (exact) mass is 289 g/mol. The number of hydrogen-bond acceptors (Lipinski definition) is 4. The molecule has 3 aromatic rings. The maximum absolute atomic E-state index is 13.1. The Hall–Kier alpha value is -2.08. The van der Waals surface area contributed by atoms with Crippen molar-refractivity contribution in [3.8, 4) is 5.88 Å². The van der Waals surface area contributed by atoms with E-state index in [2.05, 4.69) is 10.1 Å². The number of benzene rings is 1. The van der Waals surface area contributed by atoms with E-state index in [4.69, 9.17) is 0 Å². The van der Waals surface area contributed by atoms with Gasteiger partial charge in [-0.3, -0.25) is 0 Å². The first-order valence-electron chi connectivity index (χ1n) is 6.05. The van der Waals surface area contributed by atoms with Gasteiger partial charge in [0.25, 0.3) is 0 Å². The van der Waals surface area contributed by atoms with Crippen molar-refractivity contribution in [2.24, 2.45) is 0 Å². The van der Waals surface area contributed by atoms with Crippen LogP contribution in [0.2, 0.25) is 0 Å². The lowest BCUT2D eigenvalue weighted by atomic mass is 10.3. The molecule has 0 aliphatic carbocycles. The smallest absolute Gasteiger partial charge is 0.215 e. The van der Waals surface area contributed by atoms with Crippen molar-refractivity contribution in [1.82, 2.24) is 14.6 Å². The number of rotatable bonds is 3. The molecular formula is C14H12FN3OS. The SMILES string of the molecule is Cc1cc2nc(CSc3cccc(F)c3)cc(O)n2n1. The second-order valence-corrected chi connectivity index (χ2v) is 5.46.